The molecule has 0 aliphatic rings. The number of hydrogen-bond donors (Lipinski definition) is 1. The lowest BCUT2D eigenvalue weighted by Crippen LogP contribution is -2.08. The van der Waals surface area contributed by atoms with Crippen LogP contribution in [-0.2, 0) is 16.0 Å². The molecule has 0 saturated heterocycles. The molecule has 4 nitrogen and oxygen atoms in total. The first kappa shape index (κ1) is 12.8. The summed E-state index contributed by atoms with van der Waals surface area (Å²) in [7, 11) is 0. The predicted octanol–water partition coefficient (Wildman–Crippen LogP) is 1.97. The van der Waals surface area contributed by atoms with E-state index in [4.69, 9.17) is 10.00 Å². The molecule has 1 aromatic rings. The number of rotatable bonds is 3. The van der Waals surface area contributed by atoms with Gasteiger partial charge in [0.1, 0.15) is 11.8 Å². The van der Waals surface area contributed by atoms with Crippen molar-refractivity contribution in [3.63, 3.8) is 0 Å². The number of benzene rings is 1. The van der Waals surface area contributed by atoms with Crippen molar-refractivity contribution in [1.82, 2.24) is 0 Å². The van der Waals surface area contributed by atoms with Crippen molar-refractivity contribution in [2.75, 3.05) is 6.61 Å². The van der Waals surface area contributed by atoms with E-state index < -0.39 is 5.97 Å². The van der Waals surface area contributed by atoms with Gasteiger partial charge in [0.05, 0.1) is 18.6 Å². The van der Waals surface area contributed by atoms with Gasteiger partial charge in [0.15, 0.2) is 0 Å². The highest BCUT2D eigenvalue weighted by Crippen LogP contribution is 2.25. The molecule has 0 aliphatic carbocycles. The lowest BCUT2D eigenvalue weighted by molar-refractivity contribution is -0.142. The number of nitriles is 1. The summed E-state index contributed by atoms with van der Waals surface area (Å²) in [5.74, 6) is -0.556. The largest absolute Gasteiger partial charge is 0.506 e. The minimum atomic E-state index is -0.413. The van der Waals surface area contributed by atoms with Crippen molar-refractivity contribution in [3.8, 4) is 11.8 Å². The Labute approximate surface area is 107 Å². The van der Waals surface area contributed by atoms with Gasteiger partial charge in [-0.3, -0.25) is 4.79 Å². The molecule has 0 unspecified atom stereocenters. The van der Waals surface area contributed by atoms with E-state index >= 15 is 0 Å². The second kappa shape index (κ2) is 5.70. The van der Waals surface area contributed by atoms with Gasteiger partial charge in [0, 0.05) is 9.13 Å². The molecule has 84 valence electrons. The second-order valence-electron chi connectivity index (χ2n) is 3.05. The fourth-order valence-electron chi connectivity index (χ4n) is 1.24. The first-order valence-corrected chi connectivity index (χ1v) is 5.73. The Morgan fingerprint density at radius 3 is 2.88 bits per heavy atom. The number of carbonyl (C=O) groups is 1. The highest BCUT2D eigenvalue weighted by atomic mass is 127. The van der Waals surface area contributed by atoms with Gasteiger partial charge < -0.3 is 9.84 Å². The van der Waals surface area contributed by atoms with Crippen molar-refractivity contribution in [2.24, 2.45) is 0 Å². The number of nitrogens with zero attached hydrogens (tertiary/aromatic N) is 1. The molecule has 0 saturated carbocycles. The zero-order chi connectivity index (χ0) is 12.1. The van der Waals surface area contributed by atoms with Crippen molar-refractivity contribution in [1.29, 1.82) is 5.26 Å². The number of phenolic OH excluding ortho intramolecular Hbond substituents is 1. The average Bonchev–Trinajstić information content (AvgIpc) is 2.23. The van der Waals surface area contributed by atoms with Crippen LogP contribution in [0.2, 0.25) is 0 Å². The minimum absolute atomic E-state index is 0.0226. The lowest BCUT2D eigenvalue weighted by atomic mass is 10.1. The molecule has 0 bridgehead atoms. The summed E-state index contributed by atoms with van der Waals surface area (Å²) < 4.78 is 5.58. The highest BCUT2D eigenvalue weighted by molar-refractivity contribution is 14.1. The molecular formula is C11H10INO3. The van der Waals surface area contributed by atoms with Gasteiger partial charge in [-0.1, -0.05) is 0 Å². The van der Waals surface area contributed by atoms with Crippen LogP contribution >= 0.6 is 22.6 Å². The molecule has 0 amide bonds. The Bertz CT molecular complexity index is 451. The molecule has 16 heavy (non-hydrogen) atoms. The zero-order valence-corrected chi connectivity index (χ0v) is 10.8. The quantitative estimate of drug-likeness (QED) is 0.679. The van der Waals surface area contributed by atoms with Crippen molar-refractivity contribution < 1.29 is 14.6 Å². The van der Waals surface area contributed by atoms with Crippen LogP contribution < -0.4 is 0 Å². The first-order valence-electron chi connectivity index (χ1n) is 4.65. The maximum absolute atomic E-state index is 11.3. The number of ether oxygens (including phenoxy) is 1. The second-order valence-corrected chi connectivity index (χ2v) is 4.30. The normalized spacial score (nSPS) is 9.56. The van der Waals surface area contributed by atoms with Gasteiger partial charge in [-0.2, -0.15) is 5.26 Å². The Morgan fingerprint density at radius 1 is 1.62 bits per heavy atom. The van der Waals surface area contributed by atoms with E-state index in [1.54, 1.807) is 19.1 Å². The zero-order valence-electron chi connectivity index (χ0n) is 8.66. The molecule has 5 heteroatoms. The number of carbonyl (C=O) groups excluding carboxylic acids is 1. The van der Waals surface area contributed by atoms with Crippen molar-refractivity contribution in [3.05, 3.63) is 26.8 Å². The highest BCUT2D eigenvalue weighted by Gasteiger charge is 2.13. The smallest absolute Gasteiger partial charge is 0.310 e. The summed E-state index contributed by atoms with van der Waals surface area (Å²) >= 11 is 2.02. The number of aromatic hydroxyl groups is 1. The summed E-state index contributed by atoms with van der Waals surface area (Å²) in [5.41, 5.74) is 0.591. The standard InChI is InChI=1S/C11H10INO3/c1-2-16-10(14)5-7-3-9(12)4-8(6-13)11(7)15/h3-4,15H,2,5H2,1H3. The molecule has 1 N–H and O–H groups in total. The van der Waals surface area contributed by atoms with E-state index in [1.165, 1.54) is 0 Å². The van der Waals surface area contributed by atoms with Gasteiger partial charge in [-0.05, 0) is 41.6 Å². The third-order valence-corrected chi connectivity index (χ3v) is 2.54. The van der Waals surface area contributed by atoms with Crippen molar-refractivity contribution in [2.45, 2.75) is 13.3 Å². The van der Waals surface area contributed by atoms with Crippen LogP contribution in [0.3, 0.4) is 0 Å². The van der Waals surface area contributed by atoms with Gasteiger partial charge >= 0.3 is 5.97 Å². The van der Waals surface area contributed by atoms with Crippen LogP contribution in [0.15, 0.2) is 12.1 Å². The van der Waals surface area contributed by atoms with E-state index in [1.807, 2.05) is 28.7 Å². The predicted molar refractivity (Wildman–Crippen MR) is 65.9 cm³/mol. The fraction of sp³-hybridized carbons (Fsp3) is 0.273. The van der Waals surface area contributed by atoms with Gasteiger partial charge in [0.25, 0.3) is 0 Å². The van der Waals surface area contributed by atoms with E-state index in [2.05, 4.69) is 0 Å². The Balaban J connectivity index is 3.01. The van der Waals surface area contributed by atoms with Crippen LogP contribution in [-0.4, -0.2) is 17.7 Å². The number of phenols is 1. The molecule has 0 atom stereocenters. The first-order chi connectivity index (χ1) is 7.58. The Kier molecular flexibility index (Phi) is 4.55. The molecule has 0 aromatic heterocycles. The summed E-state index contributed by atoms with van der Waals surface area (Å²) in [4.78, 5) is 11.3. The lowest BCUT2D eigenvalue weighted by Gasteiger charge is -2.06. The summed E-state index contributed by atoms with van der Waals surface area (Å²) in [6.45, 7) is 2.02. The van der Waals surface area contributed by atoms with E-state index in [0.29, 0.717) is 12.2 Å². The summed E-state index contributed by atoms with van der Waals surface area (Å²) in [6.07, 6.45) is -0.0226. The Hall–Kier alpha value is -1.29. The molecular weight excluding hydrogens is 321 g/mol. The topological polar surface area (TPSA) is 70.3 Å². The molecule has 1 aromatic carbocycles. The maximum atomic E-state index is 11.3. The van der Waals surface area contributed by atoms with Crippen LogP contribution in [0.4, 0.5) is 0 Å². The third kappa shape index (κ3) is 3.10. The van der Waals surface area contributed by atoms with Gasteiger partial charge in [0.2, 0.25) is 0 Å². The number of esters is 1. The van der Waals surface area contributed by atoms with Crippen LogP contribution in [0, 0.1) is 14.9 Å². The van der Waals surface area contributed by atoms with Gasteiger partial charge in [-0.25, -0.2) is 0 Å². The van der Waals surface area contributed by atoms with E-state index in [0.717, 1.165) is 3.57 Å². The van der Waals surface area contributed by atoms with Crippen LogP contribution in [0.25, 0.3) is 0 Å². The van der Waals surface area contributed by atoms with Gasteiger partial charge in [-0.15, -0.1) is 0 Å². The molecule has 0 spiro atoms. The van der Waals surface area contributed by atoms with Crippen LogP contribution in [0.1, 0.15) is 18.1 Å². The molecule has 0 heterocycles. The summed E-state index contributed by atoms with van der Waals surface area (Å²) in [6, 6.07) is 5.10. The van der Waals surface area contributed by atoms with Crippen LogP contribution in [0.5, 0.6) is 5.75 Å². The molecule has 1 rings (SSSR count). The molecule has 0 fully saturated rings. The monoisotopic (exact) mass is 331 g/mol. The maximum Gasteiger partial charge on any atom is 0.310 e. The van der Waals surface area contributed by atoms with Crippen molar-refractivity contribution >= 4 is 28.6 Å². The Morgan fingerprint density at radius 2 is 2.31 bits per heavy atom. The average molecular weight is 331 g/mol. The fourth-order valence-corrected chi connectivity index (χ4v) is 1.93. The number of halogens is 1. The summed E-state index contributed by atoms with van der Waals surface area (Å²) in [5, 5.41) is 18.5. The molecule has 0 aliphatic heterocycles. The SMILES string of the molecule is CCOC(=O)Cc1cc(I)cc(C#N)c1O. The van der Waals surface area contributed by atoms with E-state index in [9.17, 15) is 9.90 Å². The minimum Gasteiger partial charge on any atom is -0.506 e. The van der Waals surface area contributed by atoms with E-state index in [-0.39, 0.29) is 17.7 Å². The third-order valence-electron chi connectivity index (χ3n) is 1.91. The molecule has 0 radical (unpaired) electrons. The number of hydrogen-bond acceptors (Lipinski definition) is 4.